The molecule has 110 valence electrons. The van der Waals surface area contributed by atoms with E-state index in [-0.39, 0.29) is 0 Å². The molecule has 0 N–H and O–H groups in total. The first kappa shape index (κ1) is 14.6. The summed E-state index contributed by atoms with van der Waals surface area (Å²) in [6.07, 6.45) is 0. The second kappa shape index (κ2) is 6.19. The summed E-state index contributed by atoms with van der Waals surface area (Å²) in [5.41, 5.74) is 7.94. The van der Waals surface area contributed by atoms with Crippen molar-refractivity contribution < 1.29 is 0 Å². The molecule has 0 bridgehead atoms. The van der Waals surface area contributed by atoms with Gasteiger partial charge in [-0.1, -0.05) is 86.6 Å². The number of benzene rings is 3. The molecule has 0 heterocycles. The quantitative estimate of drug-likeness (QED) is 0.519. The van der Waals surface area contributed by atoms with Crippen LogP contribution in [0.2, 0.25) is 0 Å². The average molecular weight is 286 g/mol. The van der Waals surface area contributed by atoms with E-state index in [4.69, 9.17) is 0 Å². The van der Waals surface area contributed by atoms with Gasteiger partial charge in [0.15, 0.2) is 0 Å². The topological polar surface area (TPSA) is 0 Å². The largest absolute Gasteiger partial charge is 0.0622 e. The molecule has 3 aromatic carbocycles. The van der Waals surface area contributed by atoms with Crippen molar-refractivity contribution in [3.63, 3.8) is 0 Å². The minimum absolute atomic E-state index is 0.546. The van der Waals surface area contributed by atoms with E-state index < -0.39 is 0 Å². The van der Waals surface area contributed by atoms with E-state index in [1.807, 2.05) is 0 Å². The van der Waals surface area contributed by atoms with Gasteiger partial charge in [-0.3, -0.25) is 0 Å². The number of rotatable bonds is 3. The molecular weight excluding hydrogens is 264 g/mol. The number of hydrogen-bond donors (Lipinski definition) is 0. The van der Waals surface area contributed by atoms with Crippen LogP contribution >= 0.6 is 0 Å². The maximum atomic E-state index is 2.33. The molecule has 0 unspecified atom stereocenters. The molecule has 0 atom stereocenters. The molecule has 3 aromatic rings. The molecule has 0 saturated carbocycles. The Morgan fingerprint density at radius 1 is 0.682 bits per heavy atom. The fourth-order valence-corrected chi connectivity index (χ4v) is 2.96. The lowest BCUT2D eigenvalue weighted by Gasteiger charge is -2.15. The Hall–Kier alpha value is -2.34. The van der Waals surface area contributed by atoms with Crippen molar-refractivity contribution in [1.82, 2.24) is 0 Å². The first-order valence-corrected chi connectivity index (χ1v) is 7.92. The van der Waals surface area contributed by atoms with Gasteiger partial charge in [-0.15, -0.1) is 0 Å². The highest BCUT2D eigenvalue weighted by atomic mass is 14.1. The molecule has 0 heteroatoms. The molecular formula is C22H22. The summed E-state index contributed by atoms with van der Waals surface area (Å²) in [6.45, 7) is 6.69. The summed E-state index contributed by atoms with van der Waals surface area (Å²) in [4.78, 5) is 0. The van der Waals surface area contributed by atoms with Crippen molar-refractivity contribution in [3.05, 3.63) is 83.9 Å². The van der Waals surface area contributed by atoms with Crippen LogP contribution in [0, 0.1) is 6.92 Å². The summed E-state index contributed by atoms with van der Waals surface area (Å²) in [7, 11) is 0. The van der Waals surface area contributed by atoms with Crippen LogP contribution in [0.5, 0.6) is 0 Å². The highest BCUT2D eigenvalue weighted by molar-refractivity contribution is 5.85. The van der Waals surface area contributed by atoms with Gasteiger partial charge in [-0.25, -0.2) is 0 Å². The minimum atomic E-state index is 0.546. The van der Waals surface area contributed by atoms with Gasteiger partial charge in [0, 0.05) is 0 Å². The molecule has 0 saturated heterocycles. The third-order valence-corrected chi connectivity index (χ3v) is 4.20. The second-order valence-corrected chi connectivity index (χ2v) is 6.14. The van der Waals surface area contributed by atoms with Crippen LogP contribution in [0.4, 0.5) is 0 Å². The zero-order valence-electron chi connectivity index (χ0n) is 13.5. The Bertz CT molecular complexity index is 767. The lowest BCUT2D eigenvalue weighted by Crippen LogP contribution is -1.92. The van der Waals surface area contributed by atoms with Crippen LogP contribution in [0.1, 0.15) is 30.9 Å². The van der Waals surface area contributed by atoms with Crippen molar-refractivity contribution in [2.24, 2.45) is 0 Å². The van der Waals surface area contributed by atoms with E-state index >= 15 is 0 Å². The molecule has 0 aliphatic rings. The smallest absolute Gasteiger partial charge is 0.00760 e. The SMILES string of the molecule is Cc1cccc(-c2ccccc2)c1-c1cccc(C(C)C)c1. The maximum absolute atomic E-state index is 2.33. The normalized spacial score (nSPS) is 10.9. The van der Waals surface area contributed by atoms with Crippen molar-refractivity contribution in [1.29, 1.82) is 0 Å². The number of hydrogen-bond acceptors (Lipinski definition) is 0. The van der Waals surface area contributed by atoms with E-state index in [0.29, 0.717) is 5.92 Å². The van der Waals surface area contributed by atoms with Crippen LogP contribution < -0.4 is 0 Å². The van der Waals surface area contributed by atoms with E-state index in [0.717, 1.165) is 0 Å². The standard InChI is InChI=1S/C22H22/c1-16(2)19-12-8-13-20(15-19)22-17(3)9-7-14-21(22)18-10-5-4-6-11-18/h4-16H,1-3H3. The predicted octanol–water partition coefficient (Wildman–Crippen LogP) is 6.45. The molecule has 0 aliphatic carbocycles. The van der Waals surface area contributed by atoms with Crippen LogP contribution in [-0.2, 0) is 0 Å². The fraction of sp³-hybridized carbons (Fsp3) is 0.182. The third kappa shape index (κ3) is 2.82. The summed E-state index contributed by atoms with van der Waals surface area (Å²) in [5, 5.41) is 0. The minimum Gasteiger partial charge on any atom is -0.0622 e. The lowest BCUT2D eigenvalue weighted by molar-refractivity contribution is 0.867. The van der Waals surface area contributed by atoms with Gasteiger partial charge in [-0.2, -0.15) is 0 Å². The third-order valence-electron chi connectivity index (χ3n) is 4.20. The van der Waals surface area contributed by atoms with Crippen LogP contribution in [0.3, 0.4) is 0 Å². The predicted molar refractivity (Wildman–Crippen MR) is 96.1 cm³/mol. The fourth-order valence-electron chi connectivity index (χ4n) is 2.96. The molecule has 0 aliphatic heterocycles. The molecule has 0 amide bonds. The van der Waals surface area contributed by atoms with E-state index in [9.17, 15) is 0 Å². The van der Waals surface area contributed by atoms with Gasteiger partial charge in [0.25, 0.3) is 0 Å². The highest BCUT2D eigenvalue weighted by Gasteiger charge is 2.11. The maximum Gasteiger partial charge on any atom is -0.00760 e. The van der Waals surface area contributed by atoms with Gasteiger partial charge in [-0.05, 0) is 46.2 Å². The Balaban J connectivity index is 2.21. The average Bonchev–Trinajstić information content (AvgIpc) is 2.55. The Labute approximate surface area is 133 Å². The molecule has 0 radical (unpaired) electrons. The first-order chi connectivity index (χ1) is 10.7. The van der Waals surface area contributed by atoms with E-state index in [2.05, 4.69) is 93.6 Å². The lowest BCUT2D eigenvalue weighted by atomic mass is 9.89. The summed E-state index contributed by atoms with van der Waals surface area (Å²) in [6, 6.07) is 26.2. The van der Waals surface area contributed by atoms with Gasteiger partial charge in [0.2, 0.25) is 0 Å². The molecule has 0 nitrogen and oxygen atoms in total. The second-order valence-electron chi connectivity index (χ2n) is 6.14. The Kier molecular flexibility index (Phi) is 4.11. The first-order valence-electron chi connectivity index (χ1n) is 7.92. The van der Waals surface area contributed by atoms with Crippen molar-refractivity contribution in [2.75, 3.05) is 0 Å². The van der Waals surface area contributed by atoms with Gasteiger partial charge < -0.3 is 0 Å². The zero-order valence-corrected chi connectivity index (χ0v) is 13.5. The van der Waals surface area contributed by atoms with Crippen LogP contribution in [0.15, 0.2) is 72.8 Å². The molecule has 0 fully saturated rings. The van der Waals surface area contributed by atoms with E-state index in [1.165, 1.54) is 33.4 Å². The Morgan fingerprint density at radius 2 is 1.36 bits per heavy atom. The van der Waals surface area contributed by atoms with E-state index in [1.54, 1.807) is 0 Å². The monoisotopic (exact) mass is 286 g/mol. The van der Waals surface area contributed by atoms with Crippen molar-refractivity contribution >= 4 is 0 Å². The van der Waals surface area contributed by atoms with Gasteiger partial charge >= 0.3 is 0 Å². The molecule has 22 heavy (non-hydrogen) atoms. The van der Waals surface area contributed by atoms with Crippen LogP contribution in [0.25, 0.3) is 22.3 Å². The van der Waals surface area contributed by atoms with Crippen molar-refractivity contribution in [2.45, 2.75) is 26.7 Å². The highest BCUT2D eigenvalue weighted by Crippen LogP contribution is 2.35. The van der Waals surface area contributed by atoms with Gasteiger partial charge in [0.05, 0.1) is 0 Å². The van der Waals surface area contributed by atoms with Crippen molar-refractivity contribution in [3.8, 4) is 22.3 Å². The molecule has 3 rings (SSSR count). The van der Waals surface area contributed by atoms with Gasteiger partial charge in [0.1, 0.15) is 0 Å². The Morgan fingerprint density at radius 3 is 2.09 bits per heavy atom. The zero-order chi connectivity index (χ0) is 15.5. The number of aryl methyl sites for hydroxylation is 1. The molecule has 0 aromatic heterocycles. The summed E-state index contributed by atoms with van der Waals surface area (Å²) < 4.78 is 0. The summed E-state index contributed by atoms with van der Waals surface area (Å²) >= 11 is 0. The summed E-state index contributed by atoms with van der Waals surface area (Å²) in [5.74, 6) is 0.546. The molecule has 0 spiro atoms. The van der Waals surface area contributed by atoms with Crippen LogP contribution in [-0.4, -0.2) is 0 Å².